The number of amides is 1. The fourth-order valence-corrected chi connectivity index (χ4v) is 4.27. The van der Waals surface area contributed by atoms with Crippen molar-refractivity contribution >= 4 is 55.8 Å². The zero-order chi connectivity index (χ0) is 21.1. The molecule has 1 amide bonds. The number of hydrogen-bond acceptors (Lipinski definition) is 5. The molecule has 0 spiro atoms. The highest BCUT2D eigenvalue weighted by Crippen LogP contribution is 2.30. The van der Waals surface area contributed by atoms with Gasteiger partial charge in [-0.3, -0.25) is 14.4 Å². The zero-order valence-corrected chi connectivity index (χ0v) is 17.8. The Hall–Kier alpha value is -2.68. The molecular formula is C20H15Cl2FN4O2S. The summed E-state index contributed by atoms with van der Waals surface area (Å²) in [6, 6.07) is 10.9. The Balaban J connectivity index is 1.55. The number of aromatic nitrogens is 3. The van der Waals surface area contributed by atoms with E-state index in [1.165, 1.54) is 28.4 Å². The van der Waals surface area contributed by atoms with Gasteiger partial charge in [0, 0.05) is 24.0 Å². The number of carbonyl (C=O) groups excluding carboxylic acids is 1. The molecule has 0 N–H and O–H groups in total. The number of thiazole rings is 1. The van der Waals surface area contributed by atoms with Gasteiger partial charge in [0.25, 0.3) is 5.91 Å². The maximum atomic E-state index is 13.6. The minimum Gasteiger partial charge on any atom is -0.482 e. The number of anilines is 1. The van der Waals surface area contributed by atoms with Gasteiger partial charge in [-0.25, -0.2) is 9.37 Å². The molecule has 0 aliphatic carbocycles. The number of carbonyl (C=O) groups is 1. The van der Waals surface area contributed by atoms with Crippen molar-refractivity contribution in [1.29, 1.82) is 0 Å². The number of benzene rings is 2. The van der Waals surface area contributed by atoms with Crippen molar-refractivity contribution in [3.05, 3.63) is 70.7 Å². The van der Waals surface area contributed by atoms with Gasteiger partial charge in [-0.05, 0) is 42.5 Å². The van der Waals surface area contributed by atoms with Gasteiger partial charge in [0.2, 0.25) is 0 Å². The highest BCUT2D eigenvalue weighted by Gasteiger charge is 2.21. The molecular weight excluding hydrogens is 450 g/mol. The standard InChI is InChI=1S/C20H15Cl2FN4O2S/c21-13-2-5-17(15(22)10-13)29-12-19(28)27(9-8-26-7-1-6-24-26)20-25-16-4-3-14(23)11-18(16)30-20/h1-7,10-11H,8-9,12H2. The highest BCUT2D eigenvalue weighted by atomic mass is 35.5. The Labute approximate surface area is 185 Å². The molecule has 0 aliphatic heterocycles. The van der Waals surface area contributed by atoms with E-state index in [4.69, 9.17) is 27.9 Å². The first kappa shape index (κ1) is 20.6. The molecule has 30 heavy (non-hydrogen) atoms. The molecule has 154 valence electrons. The van der Waals surface area contributed by atoms with Crippen LogP contribution in [0.5, 0.6) is 5.75 Å². The van der Waals surface area contributed by atoms with Gasteiger partial charge in [0.15, 0.2) is 11.7 Å². The van der Waals surface area contributed by atoms with Crippen LogP contribution in [-0.4, -0.2) is 33.8 Å². The van der Waals surface area contributed by atoms with Gasteiger partial charge in [-0.1, -0.05) is 34.5 Å². The molecule has 2 heterocycles. The topological polar surface area (TPSA) is 60.2 Å². The fourth-order valence-electron chi connectivity index (χ4n) is 2.77. The normalized spacial score (nSPS) is 11.0. The lowest BCUT2D eigenvalue weighted by molar-refractivity contribution is -0.120. The average molecular weight is 465 g/mol. The predicted molar refractivity (Wildman–Crippen MR) is 116 cm³/mol. The van der Waals surface area contributed by atoms with Crippen molar-refractivity contribution in [2.75, 3.05) is 18.1 Å². The minimum absolute atomic E-state index is 0.245. The van der Waals surface area contributed by atoms with E-state index in [1.54, 1.807) is 47.4 Å². The van der Waals surface area contributed by atoms with E-state index in [-0.39, 0.29) is 18.3 Å². The molecule has 0 saturated heterocycles. The van der Waals surface area contributed by atoms with E-state index in [1.807, 2.05) is 0 Å². The molecule has 0 saturated carbocycles. The molecule has 6 nitrogen and oxygen atoms in total. The number of fused-ring (bicyclic) bond motifs is 1. The number of halogens is 3. The van der Waals surface area contributed by atoms with Crippen LogP contribution >= 0.6 is 34.5 Å². The van der Waals surface area contributed by atoms with Crippen LogP contribution in [0.2, 0.25) is 10.0 Å². The van der Waals surface area contributed by atoms with Crippen molar-refractivity contribution in [1.82, 2.24) is 14.8 Å². The van der Waals surface area contributed by atoms with Crippen LogP contribution in [-0.2, 0) is 11.3 Å². The van der Waals surface area contributed by atoms with Crippen LogP contribution in [0.25, 0.3) is 10.2 Å². The van der Waals surface area contributed by atoms with E-state index in [2.05, 4.69) is 10.1 Å². The van der Waals surface area contributed by atoms with Crippen LogP contribution in [0, 0.1) is 5.82 Å². The molecule has 0 aliphatic rings. The van der Waals surface area contributed by atoms with Gasteiger partial charge >= 0.3 is 0 Å². The molecule has 4 rings (SSSR count). The van der Waals surface area contributed by atoms with Crippen molar-refractivity contribution in [2.24, 2.45) is 0 Å². The Kier molecular flexibility index (Phi) is 6.17. The van der Waals surface area contributed by atoms with E-state index in [0.717, 1.165) is 0 Å². The summed E-state index contributed by atoms with van der Waals surface area (Å²) in [5.41, 5.74) is 0.620. The second-order valence-corrected chi connectivity index (χ2v) is 8.14. The lowest BCUT2D eigenvalue weighted by atomic mass is 10.3. The molecule has 10 heteroatoms. The third-order valence-electron chi connectivity index (χ3n) is 4.23. The monoisotopic (exact) mass is 464 g/mol. The summed E-state index contributed by atoms with van der Waals surface area (Å²) in [7, 11) is 0. The Morgan fingerprint density at radius 2 is 2.10 bits per heavy atom. The van der Waals surface area contributed by atoms with Crippen molar-refractivity contribution in [3.63, 3.8) is 0 Å². The zero-order valence-electron chi connectivity index (χ0n) is 15.5. The molecule has 2 aromatic carbocycles. The summed E-state index contributed by atoms with van der Waals surface area (Å²) in [5, 5.41) is 5.40. The number of hydrogen-bond donors (Lipinski definition) is 0. The molecule has 0 atom stereocenters. The lowest BCUT2D eigenvalue weighted by Crippen LogP contribution is -2.37. The fraction of sp³-hybridized carbons (Fsp3) is 0.150. The summed E-state index contributed by atoms with van der Waals surface area (Å²) < 4.78 is 21.5. The molecule has 0 radical (unpaired) electrons. The summed E-state index contributed by atoms with van der Waals surface area (Å²) in [4.78, 5) is 19.0. The van der Waals surface area contributed by atoms with Gasteiger partial charge in [0.05, 0.1) is 21.8 Å². The van der Waals surface area contributed by atoms with Crippen LogP contribution in [0.4, 0.5) is 9.52 Å². The van der Waals surface area contributed by atoms with E-state index in [9.17, 15) is 9.18 Å². The molecule has 2 aromatic heterocycles. The van der Waals surface area contributed by atoms with E-state index in [0.29, 0.717) is 44.2 Å². The van der Waals surface area contributed by atoms with Crippen LogP contribution < -0.4 is 9.64 Å². The highest BCUT2D eigenvalue weighted by molar-refractivity contribution is 7.22. The number of nitrogens with zero attached hydrogens (tertiary/aromatic N) is 4. The summed E-state index contributed by atoms with van der Waals surface area (Å²) in [5.74, 6) is -0.312. The van der Waals surface area contributed by atoms with Crippen LogP contribution in [0.1, 0.15) is 0 Å². The summed E-state index contributed by atoms with van der Waals surface area (Å²) in [6.07, 6.45) is 3.47. The third kappa shape index (κ3) is 4.72. The SMILES string of the molecule is O=C(COc1ccc(Cl)cc1Cl)N(CCn1cccn1)c1nc2ccc(F)cc2s1. The minimum atomic E-state index is -0.354. The van der Waals surface area contributed by atoms with Crippen molar-refractivity contribution in [3.8, 4) is 5.75 Å². The quantitative estimate of drug-likeness (QED) is 0.383. The van der Waals surface area contributed by atoms with Gasteiger partial charge < -0.3 is 4.74 Å². The average Bonchev–Trinajstić information content (AvgIpc) is 3.37. The Bertz CT molecular complexity index is 1180. The molecule has 0 bridgehead atoms. The van der Waals surface area contributed by atoms with Crippen LogP contribution in [0.3, 0.4) is 0 Å². The first-order valence-corrected chi connectivity index (χ1v) is 10.5. The van der Waals surface area contributed by atoms with E-state index < -0.39 is 0 Å². The second kappa shape index (κ2) is 8.99. The van der Waals surface area contributed by atoms with Crippen LogP contribution in [0.15, 0.2) is 54.9 Å². The van der Waals surface area contributed by atoms with Gasteiger partial charge in [-0.15, -0.1) is 0 Å². The molecule has 0 fully saturated rings. The van der Waals surface area contributed by atoms with Gasteiger partial charge in [0.1, 0.15) is 11.6 Å². The summed E-state index contributed by atoms with van der Waals surface area (Å²) in [6.45, 7) is 0.538. The Morgan fingerprint density at radius 1 is 1.23 bits per heavy atom. The summed E-state index contributed by atoms with van der Waals surface area (Å²) >= 11 is 13.2. The van der Waals surface area contributed by atoms with E-state index >= 15 is 0 Å². The molecule has 0 unspecified atom stereocenters. The lowest BCUT2D eigenvalue weighted by Gasteiger charge is -2.20. The second-order valence-electron chi connectivity index (χ2n) is 6.29. The van der Waals surface area contributed by atoms with Crippen molar-refractivity contribution < 1.29 is 13.9 Å². The largest absolute Gasteiger partial charge is 0.482 e. The first-order valence-electron chi connectivity index (χ1n) is 8.91. The maximum absolute atomic E-state index is 13.6. The predicted octanol–water partition coefficient (Wildman–Crippen LogP) is 5.05. The first-order chi connectivity index (χ1) is 14.5. The Morgan fingerprint density at radius 3 is 2.87 bits per heavy atom. The molecule has 4 aromatic rings. The van der Waals surface area contributed by atoms with Crippen molar-refractivity contribution in [2.45, 2.75) is 6.54 Å². The van der Waals surface area contributed by atoms with Gasteiger partial charge in [-0.2, -0.15) is 5.10 Å². The smallest absolute Gasteiger partial charge is 0.266 e. The number of ether oxygens (including phenoxy) is 1. The number of rotatable bonds is 7. The maximum Gasteiger partial charge on any atom is 0.266 e. The third-order valence-corrected chi connectivity index (χ3v) is 5.80.